The highest BCUT2D eigenvalue weighted by molar-refractivity contribution is 9.10. The molecule has 0 bridgehead atoms. The summed E-state index contributed by atoms with van der Waals surface area (Å²) in [5.41, 5.74) is 1.96. The smallest absolute Gasteiger partial charge is 0.186 e. The Morgan fingerprint density at radius 3 is 2.86 bits per heavy atom. The standard InChI is InChI=1S/C16H10BrClN2O/c17-12-7-11-3-1-2-4-14(11)20-16(12)15(21)8-10-5-6-19-9-13(10)18/h1-7,9H,8H2. The molecule has 0 aliphatic rings. The molecule has 0 fully saturated rings. The molecule has 1 aromatic carbocycles. The molecule has 0 spiro atoms. The van der Waals surface area contributed by atoms with Crippen LogP contribution in [0.15, 0.2) is 53.3 Å². The number of aromatic nitrogens is 2. The SMILES string of the molecule is O=C(Cc1ccncc1Cl)c1nc2ccccc2cc1Br. The van der Waals surface area contributed by atoms with E-state index >= 15 is 0 Å². The van der Waals surface area contributed by atoms with Crippen LogP contribution >= 0.6 is 27.5 Å². The van der Waals surface area contributed by atoms with Gasteiger partial charge in [0, 0.05) is 28.7 Å². The van der Waals surface area contributed by atoms with E-state index in [1.165, 1.54) is 6.20 Å². The van der Waals surface area contributed by atoms with Crippen LogP contribution in [0.5, 0.6) is 0 Å². The third-order valence-electron chi connectivity index (χ3n) is 3.15. The van der Waals surface area contributed by atoms with Gasteiger partial charge in [0.25, 0.3) is 0 Å². The van der Waals surface area contributed by atoms with E-state index < -0.39 is 0 Å². The van der Waals surface area contributed by atoms with Crippen molar-refractivity contribution in [3.63, 3.8) is 0 Å². The molecule has 0 aliphatic carbocycles. The average Bonchev–Trinajstić information content (AvgIpc) is 2.49. The van der Waals surface area contributed by atoms with Crippen molar-refractivity contribution in [3.8, 4) is 0 Å². The fourth-order valence-corrected chi connectivity index (χ4v) is 2.83. The van der Waals surface area contributed by atoms with Gasteiger partial charge in [-0.1, -0.05) is 29.8 Å². The third-order valence-corrected chi connectivity index (χ3v) is 4.09. The zero-order valence-corrected chi connectivity index (χ0v) is 13.2. The van der Waals surface area contributed by atoms with Crippen LogP contribution in [0.1, 0.15) is 16.1 Å². The monoisotopic (exact) mass is 360 g/mol. The first-order valence-corrected chi connectivity index (χ1v) is 7.49. The molecule has 0 saturated carbocycles. The summed E-state index contributed by atoms with van der Waals surface area (Å²) < 4.78 is 0.691. The Balaban J connectivity index is 1.98. The lowest BCUT2D eigenvalue weighted by atomic mass is 10.1. The predicted molar refractivity (Wildman–Crippen MR) is 86.7 cm³/mol. The minimum absolute atomic E-state index is 0.0827. The van der Waals surface area contributed by atoms with Crippen molar-refractivity contribution in [2.75, 3.05) is 0 Å². The van der Waals surface area contributed by atoms with Gasteiger partial charge in [0.2, 0.25) is 0 Å². The topological polar surface area (TPSA) is 42.9 Å². The molecule has 21 heavy (non-hydrogen) atoms. The number of halogens is 2. The van der Waals surface area contributed by atoms with Crippen molar-refractivity contribution in [2.24, 2.45) is 0 Å². The zero-order valence-electron chi connectivity index (χ0n) is 10.9. The number of para-hydroxylation sites is 1. The minimum Gasteiger partial charge on any atom is -0.292 e. The molecule has 0 unspecified atom stereocenters. The molecule has 0 radical (unpaired) electrons. The van der Waals surface area contributed by atoms with Crippen LogP contribution in [0.4, 0.5) is 0 Å². The van der Waals surface area contributed by atoms with Gasteiger partial charge in [-0.05, 0) is 39.7 Å². The number of benzene rings is 1. The highest BCUT2D eigenvalue weighted by Gasteiger charge is 2.15. The van der Waals surface area contributed by atoms with Gasteiger partial charge in [0.15, 0.2) is 5.78 Å². The maximum absolute atomic E-state index is 12.5. The molecule has 104 valence electrons. The van der Waals surface area contributed by atoms with E-state index in [-0.39, 0.29) is 12.2 Å². The molecule has 0 amide bonds. The van der Waals surface area contributed by atoms with E-state index in [4.69, 9.17) is 11.6 Å². The Bertz CT molecular complexity index is 835. The van der Waals surface area contributed by atoms with Gasteiger partial charge < -0.3 is 0 Å². The summed E-state index contributed by atoms with van der Waals surface area (Å²) in [6.45, 7) is 0. The van der Waals surface area contributed by atoms with Crippen LogP contribution in [0.2, 0.25) is 5.02 Å². The lowest BCUT2D eigenvalue weighted by Crippen LogP contribution is -2.08. The normalized spacial score (nSPS) is 10.8. The predicted octanol–water partition coefficient (Wildman–Crippen LogP) is 4.47. The quantitative estimate of drug-likeness (QED) is 0.646. The second kappa shape index (κ2) is 5.92. The third kappa shape index (κ3) is 2.96. The van der Waals surface area contributed by atoms with Crippen LogP contribution in [-0.2, 0) is 6.42 Å². The number of rotatable bonds is 3. The molecule has 0 saturated heterocycles. The van der Waals surface area contributed by atoms with Crippen molar-refractivity contribution in [3.05, 3.63) is 69.5 Å². The number of pyridine rings is 2. The molecule has 5 heteroatoms. The van der Waals surface area contributed by atoms with Crippen molar-refractivity contribution in [2.45, 2.75) is 6.42 Å². The number of ketones is 1. The van der Waals surface area contributed by atoms with Crippen LogP contribution < -0.4 is 0 Å². The molecule has 3 aromatic rings. The fourth-order valence-electron chi connectivity index (χ4n) is 2.09. The second-order valence-corrected chi connectivity index (χ2v) is 5.84. The summed E-state index contributed by atoms with van der Waals surface area (Å²) in [6, 6.07) is 11.3. The molecule has 3 rings (SSSR count). The van der Waals surface area contributed by atoms with Crippen LogP contribution in [0.3, 0.4) is 0 Å². The van der Waals surface area contributed by atoms with Crippen LogP contribution in [-0.4, -0.2) is 15.8 Å². The summed E-state index contributed by atoms with van der Waals surface area (Å²) in [7, 11) is 0. The summed E-state index contributed by atoms with van der Waals surface area (Å²) in [5, 5.41) is 1.48. The Hall–Kier alpha value is -1.78. The number of hydrogen-bond acceptors (Lipinski definition) is 3. The number of Topliss-reactive ketones (excluding diaryl/α,β-unsaturated/α-hetero) is 1. The summed E-state index contributed by atoms with van der Waals surface area (Å²) >= 11 is 9.47. The Morgan fingerprint density at radius 1 is 1.24 bits per heavy atom. The van der Waals surface area contributed by atoms with Gasteiger partial charge in [0.1, 0.15) is 5.69 Å². The summed E-state index contributed by atoms with van der Waals surface area (Å²) in [5.74, 6) is -0.0827. The zero-order chi connectivity index (χ0) is 14.8. The van der Waals surface area contributed by atoms with E-state index in [1.54, 1.807) is 12.3 Å². The first-order chi connectivity index (χ1) is 10.1. The van der Waals surface area contributed by atoms with Gasteiger partial charge in [-0.25, -0.2) is 4.98 Å². The number of fused-ring (bicyclic) bond motifs is 1. The van der Waals surface area contributed by atoms with Crippen molar-refractivity contribution in [1.82, 2.24) is 9.97 Å². The molecule has 0 atom stereocenters. The highest BCUT2D eigenvalue weighted by atomic mass is 79.9. The van der Waals surface area contributed by atoms with Crippen molar-refractivity contribution in [1.29, 1.82) is 0 Å². The maximum Gasteiger partial charge on any atom is 0.186 e. The lowest BCUT2D eigenvalue weighted by molar-refractivity contribution is 0.0988. The molecular formula is C16H10BrClN2O. The maximum atomic E-state index is 12.5. The van der Waals surface area contributed by atoms with E-state index in [0.29, 0.717) is 15.2 Å². The van der Waals surface area contributed by atoms with E-state index in [2.05, 4.69) is 25.9 Å². The van der Waals surface area contributed by atoms with Gasteiger partial charge in [-0.3, -0.25) is 9.78 Å². The average molecular weight is 362 g/mol. The van der Waals surface area contributed by atoms with Gasteiger partial charge in [-0.15, -0.1) is 0 Å². The van der Waals surface area contributed by atoms with Gasteiger partial charge in [-0.2, -0.15) is 0 Å². The number of carbonyl (C=O) groups is 1. The molecule has 0 aliphatic heterocycles. The fraction of sp³-hybridized carbons (Fsp3) is 0.0625. The van der Waals surface area contributed by atoms with Gasteiger partial charge in [0.05, 0.1) is 10.5 Å². The van der Waals surface area contributed by atoms with Crippen molar-refractivity contribution < 1.29 is 4.79 Å². The second-order valence-electron chi connectivity index (χ2n) is 4.58. The molecular weight excluding hydrogens is 352 g/mol. The van der Waals surface area contributed by atoms with Gasteiger partial charge >= 0.3 is 0 Å². The molecule has 0 N–H and O–H groups in total. The van der Waals surface area contributed by atoms with Crippen molar-refractivity contribution >= 4 is 44.2 Å². The van der Waals surface area contributed by atoms with Crippen LogP contribution in [0, 0.1) is 0 Å². The summed E-state index contributed by atoms with van der Waals surface area (Å²) in [4.78, 5) is 20.8. The first kappa shape index (κ1) is 14.2. The number of carbonyl (C=O) groups excluding carboxylic acids is 1. The molecule has 2 aromatic heterocycles. The van der Waals surface area contributed by atoms with Crippen LogP contribution in [0.25, 0.3) is 10.9 Å². The Morgan fingerprint density at radius 2 is 2.05 bits per heavy atom. The number of nitrogens with zero attached hydrogens (tertiary/aromatic N) is 2. The lowest BCUT2D eigenvalue weighted by Gasteiger charge is -2.06. The minimum atomic E-state index is -0.0827. The highest BCUT2D eigenvalue weighted by Crippen LogP contribution is 2.23. The van der Waals surface area contributed by atoms with E-state index in [1.807, 2.05) is 30.3 Å². The number of hydrogen-bond donors (Lipinski definition) is 0. The van der Waals surface area contributed by atoms with E-state index in [0.717, 1.165) is 16.5 Å². The summed E-state index contributed by atoms with van der Waals surface area (Å²) in [6.07, 6.45) is 3.36. The molecule has 3 nitrogen and oxygen atoms in total. The first-order valence-electron chi connectivity index (χ1n) is 6.32. The Labute approximate surface area is 135 Å². The molecule has 2 heterocycles. The Kier molecular flexibility index (Phi) is 3.99. The van der Waals surface area contributed by atoms with E-state index in [9.17, 15) is 4.79 Å². The largest absolute Gasteiger partial charge is 0.292 e.